The Balaban J connectivity index is 1.32. The number of benzene rings is 1. The van der Waals surface area contributed by atoms with Crippen LogP contribution in [-0.4, -0.2) is 91.7 Å². The van der Waals surface area contributed by atoms with E-state index in [4.69, 9.17) is 4.74 Å². The van der Waals surface area contributed by atoms with Crippen LogP contribution in [-0.2, 0) is 9.53 Å². The fourth-order valence-corrected chi connectivity index (χ4v) is 4.88. The SMILES string of the molecule is O=C(NCC(C(=O)N1CCOCC1)c1ccccc1)N1CCC(N2CCCC2)CC1. The van der Waals surface area contributed by atoms with Gasteiger partial charge in [0, 0.05) is 38.8 Å². The molecule has 3 fully saturated rings. The fourth-order valence-electron chi connectivity index (χ4n) is 4.88. The van der Waals surface area contributed by atoms with E-state index >= 15 is 0 Å². The summed E-state index contributed by atoms with van der Waals surface area (Å²) in [6.45, 7) is 6.70. The summed E-state index contributed by atoms with van der Waals surface area (Å²) in [4.78, 5) is 32.3. The molecule has 3 aliphatic rings. The van der Waals surface area contributed by atoms with Gasteiger partial charge in [-0.1, -0.05) is 30.3 Å². The molecular formula is C23H34N4O3. The molecule has 164 valence electrons. The molecule has 1 aromatic rings. The number of carbonyl (C=O) groups excluding carboxylic acids is 2. The van der Waals surface area contributed by atoms with Crippen molar-refractivity contribution in [3.05, 3.63) is 35.9 Å². The highest BCUT2D eigenvalue weighted by molar-refractivity contribution is 5.85. The molecule has 0 spiro atoms. The van der Waals surface area contributed by atoms with Crippen LogP contribution in [0.15, 0.2) is 30.3 Å². The van der Waals surface area contributed by atoms with Crippen molar-refractivity contribution in [2.24, 2.45) is 0 Å². The Morgan fingerprint density at radius 2 is 1.60 bits per heavy atom. The standard InChI is InChI=1S/C23H34N4O3/c28-22(26-14-16-30-17-15-26)21(19-6-2-1-3-7-19)18-24-23(29)27-12-8-20(9-13-27)25-10-4-5-11-25/h1-3,6-7,20-21H,4-5,8-18H2,(H,24,29). The molecule has 0 saturated carbocycles. The van der Waals surface area contributed by atoms with Gasteiger partial charge in [0.2, 0.25) is 5.91 Å². The first-order valence-corrected chi connectivity index (χ1v) is 11.4. The first kappa shape index (κ1) is 21.1. The summed E-state index contributed by atoms with van der Waals surface area (Å²) in [5, 5.41) is 3.05. The number of nitrogens with one attached hydrogen (secondary N) is 1. The third-order valence-electron chi connectivity index (χ3n) is 6.69. The van der Waals surface area contributed by atoms with Crippen LogP contribution in [0.3, 0.4) is 0 Å². The molecular weight excluding hydrogens is 380 g/mol. The molecule has 3 aliphatic heterocycles. The Labute approximate surface area is 179 Å². The number of rotatable bonds is 5. The molecule has 1 N–H and O–H groups in total. The van der Waals surface area contributed by atoms with Crippen LogP contribution in [0, 0.1) is 0 Å². The zero-order valence-corrected chi connectivity index (χ0v) is 17.8. The average Bonchev–Trinajstić information content (AvgIpc) is 3.35. The molecule has 3 heterocycles. The van der Waals surface area contributed by atoms with Crippen LogP contribution in [0.5, 0.6) is 0 Å². The molecule has 4 rings (SSSR count). The topological polar surface area (TPSA) is 65.1 Å². The van der Waals surface area contributed by atoms with Gasteiger partial charge < -0.3 is 24.8 Å². The predicted octanol–water partition coefficient (Wildman–Crippen LogP) is 1.90. The summed E-state index contributed by atoms with van der Waals surface area (Å²) in [5.41, 5.74) is 0.946. The van der Waals surface area contributed by atoms with Crippen molar-refractivity contribution in [1.82, 2.24) is 20.0 Å². The molecule has 7 heteroatoms. The maximum atomic E-state index is 13.2. The van der Waals surface area contributed by atoms with E-state index in [0.29, 0.717) is 38.9 Å². The zero-order chi connectivity index (χ0) is 20.8. The number of hydrogen-bond acceptors (Lipinski definition) is 4. The van der Waals surface area contributed by atoms with Gasteiger partial charge in [-0.2, -0.15) is 0 Å². The molecule has 3 amide bonds. The van der Waals surface area contributed by atoms with E-state index in [2.05, 4.69) is 10.2 Å². The smallest absolute Gasteiger partial charge is 0.317 e. The molecule has 0 radical (unpaired) electrons. The van der Waals surface area contributed by atoms with Crippen LogP contribution >= 0.6 is 0 Å². The molecule has 7 nitrogen and oxygen atoms in total. The van der Waals surface area contributed by atoms with Crippen LogP contribution in [0.4, 0.5) is 4.79 Å². The molecule has 0 bridgehead atoms. The van der Waals surface area contributed by atoms with Gasteiger partial charge in [0.05, 0.1) is 19.1 Å². The minimum Gasteiger partial charge on any atom is -0.378 e. The number of carbonyl (C=O) groups is 2. The van der Waals surface area contributed by atoms with Gasteiger partial charge in [0.25, 0.3) is 0 Å². The van der Waals surface area contributed by atoms with Crippen molar-refractivity contribution < 1.29 is 14.3 Å². The third-order valence-corrected chi connectivity index (χ3v) is 6.69. The van der Waals surface area contributed by atoms with E-state index in [0.717, 1.165) is 31.5 Å². The molecule has 0 aromatic heterocycles. The van der Waals surface area contributed by atoms with E-state index in [1.165, 1.54) is 25.9 Å². The number of urea groups is 1. The van der Waals surface area contributed by atoms with E-state index in [1.807, 2.05) is 40.1 Å². The third kappa shape index (κ3) is 5.13. The van der Waals surface area contributed by atoms with Gasteiger partial charge in [0.15, 0.2) is 0 Å². The lowest BCUT2D eigenvalue weighted by molar-refractivity contribution is -0.136. The summed E-state index contributed by atoms with van der Waals surface area (Å²) >= 11 is 0. The van der Waals surface area contributed by atoms with Crippen LogP contribution in [0.2, 0.25) is 0 Å². The summed E-state index contributed by atoms with van der Waals surface area (Å²) in [6, 6.07) is 10.3. The summed E-state index contributed by atoms with van der Waals surface area (Å²) in [7, 11) is 0. The van der Waals surface area contributed by atoms with Crippen molar-refractivity contribution in [3.8, 4) is 0 Å². The second-order valence-electron chi connectivity index (χ2n) is 8.55. The predicted molar refractivity (Wildman–Crippen MR) is 115 cm³/mol. The Morgan fingerprint density at radius 1 is 0.933 bits per heavy atom. The minimum atomic E-state index is -0.365. The maximum Gasteiger partial charge on any atom is 0.317 e. The van der Waals surface area contributed by atoms with E-state index in [-0.39, 0.29) is 17.9 Å². The van der Waals surface area contributed by atoms with E-state index in [9.17, 15) is 9.59 Å². The van der Waals surface area contributed by atoms with E-state index < -0.39 is 0 Å². The second kappa shape index (κ2) is 10.3. The molecule has 30 heavy (non-hydrogen) atoms. The highest BCUT2D eigenvalue weighted by atomic mass is 16.5. The lowest BCUT2D eigenvalue weighted by atomic mass is 9.97. The van der Waals surface area contributed by atoms with Crippen molar-refractivity contribution in [3.63, 3.8) is 0 Å². The summed E-state index contributed by atoms with van der Waals surface area (Å²) in [5.74, 6) is -0.298. The largest absolute Gasteiger partial charge is 0.378 e. The van der Waals surface area contributed by atoms with Gasteiger partial charge in [0.1, 0.15) is 0 Å². The van der Waals surface area contributed by atoms with Gasteiger partial charge in [-0.15, -0.1) is 0 Å². The van der Waals surface area contributed by atoms with Crippen LogP contribution in [0.1, 0.15) is 37.2 Å². The summed E-state index contributed by atoms with van der Waals surface area (Å²) in [6.07, 6.45) is 4.70. The van der Waals surface area contributed by atoms with Gasteiger partial charge in [-0.05, 0) is 44.3 Å². The fraction of sp³-hybridized carbons (Fsp3) is 0.652. The summed E-state index contributed by atoms with van der Waals surface area (Å²) < 4.78 is 5.38. The molecule has 1 aromatic carbocycles. The number of hydrogen-bond donors (Lipinski definition) is 1. The number of ether oxygens (including phenoxy) is 1. The number of morpholine rings is 1. The normalized spacial score (nSPS) is 22.1. The van der Waals surface area contributed by atoms with Crippen LogP contribution < -0.4 is 5.32 Å². The molecule has 0 aliphatic carbocycles. The van der Waals surface area contributed by atoms with Gasteiger partial charge >= 0.3 is 6.03 Å². The molecule has 1 unspecified atom stereocenters. The Hall–Kier alpha value is -2.12. The average molecular weight is 415 g/mol. The monoisotopic (exact) mass is 414 g/mol. The number of amides is 3. The number of piperidine rings is 1. The van der Waals surface area contributed by atoms with Gasteiger partial charge in [-0.3, -0.25) is 4.79 Å². The molecule has 3 saturated heterocycles. The van der Waals surface area contributed by atoms with Gasteiger partial charge in [-0.25, -0.2) is 4.79 Å². The Kier molecular flexibility index (Phi) is 7.23. The highest BCUT2D eigenvalue weighted by Crippen LogP contribution is 2.22. The van der Waals surface area contributed by atoms with Crippen molar-refractivity contribution in [1.29, 1.82) is 0 Å². The van der Waals surface area contributed by atoms with Crippen molar-refractivity contribution >= 4 is 11.9 Å². The molecule has 1 atom stereocenters. The van der Waals surface area contributed by atoms with Crippen molar-refractivity contribution in [2.75, 3.05) is 59.0 Å². The Bertz CT molecular complexity index is 694. The maximum absolute atomic E-state index is 13.2. The lowest BCUT2D eigenvalue weighted by Crippen LogP contribution is -2.50. The highest BCUT2D eigenvalue weighted by Gasteiger charge is 2.30. The zero-order valence-electron chi connectivity index (χ0n) is 17.8. The quantitative estimate of drug-likeness (QED) is 0.799. The lowest BCUT2D eigenvalue weighted by Gasteiger charge is -2.37. The first-order chi connectivity index (χ1) is 14.7. The number of likely N-dealkylation sites (tertiary alicyclic amines) is 2. The van der Waals surface area contributed by atoms with E-state index in [1.54, 1.807) is 0 Å². The second-order valence-corrected chi connectivity index (χ2v) is 8.55. The van der Waals surface area contributed by atoms with Crippen molar-refractivity contribution in [2.45, 2.75) is 37.6 Å². The minimum absolute atomic E-state index is 0.0504. The Morgan fingerprint density at radius 3 is 2.27 bits per heavy atom. The first-order valence-electron chi connectivity index (χ1n) is 11.4. The van der Waals surface area contributed by atoms with Crippen LogP contribution in [0.25, 0.3) is 0 Å². The number of nitrogens with zero attached hydrogens (tertiary/aromatic N) is 3.